The van der Waals surface area contributed by atoms with E-state index in [9.17, 15) is 9.59 Å². The van der Waals surface area contributed by atoms with Crippen molar-refractivity contribution in [1.29, 1.82) is 0 Å². The van der Waals surface area contributed by atoms with Gasteiger partial charge in [0.2, 0.25) is 0 Å². The van der Waals surface area contributed by atoms with Gasteiger partial charge in [-0.3, -0.25) is 9.59 Å². The van der Waals surface area contributed by atoms with Crippen molar-refractivity contribution in [2.45, 2.75) is 110 Å². The minimum Gasteiger partial charge on any atom is -0.497 e. The summed E-state index contributed by atoms with van der Waals surface area (Å²) in [7, 11) is 4.59. The van der Waals surface area contributed by atoms with Crippen LogP contribution in [0.25, 0.3) is 6.08 Å². The van der Waals surface area contributed by atoms with E-state index in [1.807, 2.05) is 24.3 Å². The molecule has 6 heteroatoms. The van der Waals surface area contributed by atoms with E-state index in [-0.39, 0.29) is 28.8 Å². The molecule has 2 rings (SSSR count). The molecule has 0 atom stereocenters. The molecule has 232 valence electrons. The first-order valence-corrected chi connectivity index (χ1v) is 15.9. The Kier molecular flexibility index (Phi) is 17.8. The average Bonchev–Trinajstić information content (AvgIpc) is 3.01. The molecule has 0 spiro atoms. The van der Waals surface area contributed by atoms with Gasteiger partial charge in [0.1, 0.15) is 28.6 Å². The molecule has 0 aliphatic carbocycles. The van der Waals surface area contributed by atoms with Crippen molar-refractivity contribution in [3.8, 4) is 23.0 Å². The predicted octanol–water partition coefficient (Wildman–Crippen LogP) is 9.78. The van der Waals surface area contributed by atoms with Gasteiger partial charge in [-0.25, -0.2) is 0 Å². The summed E-state index contributed by atoms with van der Waals surface area (Å²) in [5.74, 6) is 0.902. The maximum absolute atomic E-state index is 13.2. The van der Waals surface area contributed by atoms with Crippen LogP contribution in [0, 0.1) is 0 Å². The average molecular weight is 581 g/mol. The fraction of sp³-hybridized carbons (Fsp3) is 0.556. The highest BCUT2D eigenvalue weighted by Gasteiger charge is 2.21. The number of hydrogen-bond acceptors (Lipinski definition) is 6. The van der Waals surface area contributed by atoms with E-state index in [0.29, 0.717) is 12.2 Å². The Morgan fingerprint density at radius 2 is 1.12 bits per heavy atom. The number of carbonyl (C=O) groups excluding carboxylic acids is 2. The van der Waals surface area contributed by atoms with Gasteiger partial charge in [0.25, 0.3) is 0 Å². The first kappa shape index (κ1) is 34.9. The first-order valence-electron chi connectivity index (χ1n) is 15.9. The highest BCUT2D eigenvalue weighted by Crippen LogP contribution is 2.35. The summed E-state index contributed by atoms with van der Waals surface area (Å²) in [5, 5.41) is 0. The van der Waals surface area contributed by atoms with E-state index >= 15 is 0 Å². The van der Waals surface area contributed by atoms with Crippen molar-refractivity contribution in [2.75, 3.05) is 21.3 Å². The molecule has 0 aliphatic rings. The number of ketones is 1. The fourth-order valence-electron chi connectivity index (χ4n) is 4.95. The third-order valence-electron chi connectivity index (χ3n) is 7.49. The van der Waals surface area contributed by atoms with Crippen LogP contribution in [0.2, 0.25) is 0 Å². The van der Waals surface area contributed by atoms with Crippen molar-refractivity contribution < 1.29 is 28.5 Å². The van der Waals surface area contributed by atoms with E-state index in [1.165, 1.54) is 97.3 Å². The Hall–Kier alpha value is -3.28. The second-order valence-electron chi connectivity index (χ2n) is 10.8. The highest BCUT2D eigenvalue weighted by molar-refractivity contribution is 6.11. The van der Waals surface area contributed by atoms with Crippen molar-refractivity contribution in [3.63, 3.8) is 0 Å². The molecule has 0 radical (unpaired) electrons. The van der Waals surface area contributed by atoms with Crippen molar-refractivity contribution >= 4 is 17.8 Å². The third-order valence-corrected chi connectivity index (χ3v) is 7.49. The Morgan fingerprint density at radius 1 is 0.619 bits per heavy atom. The Balaban J connectivity index is 1.77. The second kappa shape index (κ2) is 21.4. The lowest BCUT2D eigenvalue weighted by Crippen LogP contribution is -2.12. The third kappa shape index (κ3) is 13.6. The zero-order valence-electron chi connectivity index (χ0n) is 26.4. The minimum absolute atomic E-state index is 0.140. The molecule has 6 nitrogen and oxygen atoms in total. The van der Waals surface area contributed by atoms with Gasteiger partial charge in [-0.05, 0) is 30.2 Å². The SMILES string of the molecule is CCCCCCCCCCCCCCCCCC(=O)Oc1cc(OC)cc(OC)c1C(=O)C=Cc1ccc(OC)cc1. The van der Waals surface area contributed by atoms with Crippen LogP contribution < -0.4 is 18.9 Å². The molecule has 2 aromatic carbocycles. The summed E-state index contributed by atoms with van der Waals surface area (Å²) in [4.78, 5) is 25.9. The Bertz CT molecular complexity index is 1070. The van der Waals surface area contributed by atoms with Gasteiger partial charge in [0, 0.05) is 18.6 Å². The van der Waals surface area contributed by atoms with E-state index in [4.69, 9.17) is 18.9 Å². The first-order chi connectivity index (χ1) is 20.5. The topological polar surface area (TPSA) is 71.1 Å². The van der Waals surface area contributed by atoms with Crippen LogP contribution in [0.1, 0.15) is 126 Å². The van der Waals surface area contributed by atoms with Crippen molar-refractivity contribution in [3.05, 3.63) is 53.6 Å². The molecule has 0 fully saturated rings. The van der Waals surface area contributed by atoms with Crippen LogP contribution in [0.3, 0.4) is 0 Å². The van der Waals surface area contributed by atoms with Gasteiger partial charge in [0.15, 0.2) is 5.78 Å². The van der Waals surface area contributed by atoms with Crippen LogP contribution in [-0.2, 0) is 4.79 Å². The highest BCUT2D eigenvalue weighted by atomic mass is 16.5. The van der Waals surface area contributed by atoms with E-state index in [1.54, 1.807) is 25.3 Å². The molecule has 0 saturated heterocycles. The van der Waals surface area contributed by atoms with Gasteiger partial charge < -0.3 is 18.9 Å². The molecule has 2 aromatic rings. The number of esters is 1. The number of ether oxygens (including phenoxy) is 4. The molecule has 0 N–H and O–H groups in total. The van der Waals surface area contributed by atoms with Crippen LogP contribution >= 0.6 is 0 Å². The van der Waals surface area contributed by atoms with Gasteiger partial charge >= 0.3 is 5.97 Å². The lowest BCUT2D eigenvalue weighted by atomic mass is 10.0. The monoisotopic (exact) mass is 580 g/mol. The standard InChI is InChI=1S/C36H52O6/c1-5-6-7-8-9-10-11-12-13-14-15-16-17-18-19-20-35(38)42-34-28-31(40-3)27-33(41-4)36(34)32(37)26-23-29-21-24-30(39-2)25-22-29/h21-28H,5-20H2,1-4H3. The van der Waals surface area contributed by atoms with E-state index in [0.717, 1.165) is 30.6 Å². The molecule has 0 amide bonds. The normalized spacial score (nSPS) is 11.0. The quantitative estimate of drug-likeness (QED) is 0.0428. The molecule has 0 aliphatic heterocycles. The van der Waals surface area contributed by atoms with Gasteiger partial charge in [0.05, 0.1) is 21.3 Å². The summed E-state index contributed by atoms with van der Waals surface area (Å²) < 4.78 is 21.7. The number of methoxy groups -OCH3 is 3. The maximum atomic E-state index is 13.2. The zero-order valence-corrected chi connectivity index (χ0v) is 26.4. The maximum Gasteiger partial charge on any atom is 0.311 e. The molecule has 42 heavy (non-hydrogen) atoms. The summed E-state index contributed by atoms with van der Waals surface area (Å²) in [6, 6.07) is 10.5. The summed E-state index contributed by atoms with van der Waals surface area (Å²) >= 11 is 0. The number of allylic oxidation sites excluding steroid dienone is 1. The number of benzene rings is 2. The van der Waals surface area contributed by atoms with Crippen molar-refractivity contribution in [2.24, 2.45) is 0 Å². The lowest BCUT2D eigenvalue weighted by Gasteiger charge is -2.14. The summed E-state index contributed by atoms with van der Waals surface area (Å²) in [6.07, 6.45) is 22.4. The fourth-order valence-corrected chi connectivity index (χ4v) is 4.95. The van der Waals surface area contributed by atoms with E-state index < -0.39 is 0 Å². The molecule has 0 heterocycles. The van der Waals surface area contributed by atoms with Crippen LogP contribution in [0.5, 0.6) is 23.0 Å². The Morgan fingerprint density at radius 3 is 1.62 bits per heavy atom. The molecule has 0 bridgehead atoms. The molecule has 0 aromatic heterocycles. The van der Waals surface area contributed by atoms with Gasteiger partial charge in [-0.1, -0.05) is 115 Å². The molecular formula is C36H52O6. The second-order valence-corrected chi connectivity index (χ2v) is 10.8. The lowest BCUT2D eigenvalue weighted by molar-refractivity contribution is -0.134. The largest absolute Gasteiger partial charge is 0.497 e. The van der Waals surface area contributed by atoms with Gasteiger partial charge in [-0.15, -0.1) is 0 Å². The number of hydrogen-bond donors (Lipinski definition) is 0. The Labute approximate surface area is 253 Å². The molecule has 0 saturated carbocycles. The van der Waals surface area contributed by atoms with Crippen LogP contribution in [-0.4, -0.2) is 33.1 Å². The number of unbranched alkanes of at least 4 members (excludes halogenated alkanes) is 14. The van der Waals surface area contributed by atoms with Crippen LogP contribution in [0.15, 0.2) is 42.5 Å². The smallest absolute Gasteiger partial charge is 0.311 e. The predicted molar refractivity (Wildman–Crippen MR) is 171 cm³/mol. The summed E-state index contributed by atoms with van der Waals surface area (Å²) in [6.45, 7) is 2.26. The van der Waals surface area contributed by atoms with Gasteiger partial charge in [-0.2, -0.15) is 0 Å². The van der Waals surface area contributed by atoms with E-state index in [2.05, 4.69) is 6.92 Å². The van der Waals surface area contributed by atoms with Crippen LogP contribution in [0.4, 0.5) is 0 Å². The minimum atomic E-state index is -0.367. The summed E-state index contributed by atoms with van der Waals surface area (Å²) in [5.41, 5.74) is 1.02. The number of carbonyl (C=O) groups is 2. The number of rotatable bonds is 23. The zero-order chi connectivity index (χ0) is 30.4. The molecule has 0 unspecified atom stereocenters. The molecular weight excluding hydrogens is 528 g/mol. The van der Waals surface area contributed by atoms with Crippen molar-refractivity contribution in [1.82, 2.24) is 0 Å².